The topological polar surface area (TPSA) is 447 Å². The van der Waals surface area contributed by atoms with Crippen LogP contribution in [0.1, 0.15) is 0 Å². The summed E-state index contributed by atoms with van der Waals surface area (Å²) in [6.45, 7) is -15.2. The summed E-state index contributed by atoms with van der Waals surface area (Å²) < 4.78 is 32.6. The molecule has 0 aromatic heterocycles. The van der Waals surface area contributed by atoms with Crippen molar-refractivity contribution < 1.29 is 63.0 Å². The van der Waals surface area contributed by atoms with E-state index in [-0.39, 0.29) is 0 Å². The second-order valence-corrected chi connectivity index (χ2v) is 8.07. The minimum Gasteiger partial charge on any atom is -0.351 e. The molecular formula is C10H12F2N12O21. The van der Waals surface area contributed by atoms with Gasteiger partial charge in [0.2, 0.25) is 13.1 Å². The Morgan fingerprint density at radius 3 is 0.800 bits per heavy atom. The van der Waals surface area contributed by atoms with Gasteiger partial charge in [0.1, 0.15) is 39.4 Å². The molecule has 0 aliphatic heterocycles. The van der Waals surface area contributed by atoms with Crippen molar-refractivity contribution in [1.82, 2.24) is 10.0 Å². The maximum atomic E-state index is 14.2. The van der Waals surface area contributed by atoms with Crippen LogP contribution in [0.25, 0.3) is 0 Å². The molecule has 0 bridgehead atoms. The number of hydrogen-bond acceptors (Lipinski definition) is 21. The number of alkyl halides is 2. The molecule has 0 saturated carbocycles. The van der Waals surface area contributed by atoms with Crippen LogP contribution in [0, 0.1) is 101 Å². The van der Waals surface area contributed by atoms with Crippen molar-refractivity contribution in [1.29, 1.82) is 0 Å². The summed E-state index contributed by atoms with van der Waals surface area (Å²) in [5.74, 6) is -10.1. The molecule has 0 aromatic rings. The van der Waals surface area contributed by atoms with E-state index in [9.17, 15) is 110 Å². The van der Waals surface area contributed by atoms with Crippen molar-refractivity contribution in [2.75, 3.05) is 39.4 Å². The molecule has 0 N–H and O–H groups in total. The van der Waals surface area contributed by atoms with E-state index in [1.165, 1.54) is 0 Å². The first-order chi connectivity index (χ1) is 20.3. The van der Waals surface area contributed by atoms with Crippen LogP contribution < -0.4 is 0 Å². The molecule has 0 aliphatic carbocycles. The summed E-state index contributed by atoms with van der Waals surface area (Å²) in [4.78, 5) is 93.6. The van der Waals surface area contributed by atoms with Crippen molar-refractivity contribution in [2.45, 2.75) is 23.2 Å². The predicted molar refractivity (Wildman–Crippen MR) is 117 cm³/mol. The third-order valence-electron chi connectivity index (χ3n) is 5.25. The van der Waals surface area contributed by atoms with Crippen LogP contribution in [-0.2, 0) is 4.74 Å². The Hall–Kier alpha value is -6.58. The summed E-state index contributed by atoms with van der Waals surface area (Å²) in [6.07, 6.45) is 0. The Bertz CT molecular complexity index is 1160. The van der Waals surface area contributed by atoms with Crippen LogP contribution in [0.15, 0.2) is 0 Å². The summed E-state index contributed by atoms with van der Waals surface area (Å²) in [7, 11) is 0. The molecular weight excluding hydrogens is 662 g/mol. The maximum Gasteiger partial charge on any atom is 0.637 e. The fourth-order valence-corrected chi connectivity index (χ4v) is 2.80. The van der Waals surface area contributed by atoms with Crippen molar-refractivity contribution in [3.63, 3.8) is 0 Å². The molecule has 0 fully saturated rings. The second kappa shape index (κ2) is 13.6. The molecule has 0 unspecified atom stereocenters. The Balaban J connectivity index is 6.72. The highest BCUT2D eigenvalue weighted by molar-refractivity contribution is 4.76. The molecule has 0 radical (unpaired) electrons. The van der Waals surface area contributed by atoms with Gasteiger partial charge in [0.05, 0.1) is 0 Å². The highest BCUT2D eigenvalue weighted by atomic mass is 19.2. The third kappa shape index (κ3) is 7.83. The van der Waals surface area contributed by atoms with Gasteiger partial charge in [-0.3, -0.25) is 80.9 Å². The Morgan fingerprint density at radius 2 is 0.644 bits per heavy atom. The number of nitrogens with zero attached hydrogens (tertiary/aromatic N) is 12. The lowest BCUT2D eigenvalue weighted by Crippen LogP contribution is -2.64. The largest absolute Gasteiger partial charge is 0.637 e. The smallest absolute Gasteiger partial charge is 0.351 e. The average molecular weight is 674 g/mol. The van der Waals surface area contributed by atoms with E-state index in [0.717, 1.165) is 0 Å². The van der Waals surface area contributed by atoms with Crippen LogP contribution >= 0.6 is 0 Å². The van der Waals surface area contributed by atoms with Crippen LogP contribution in [0.3, 0.4) is 0 Å². The highest BCUT2D eigenvalue weighted by Crippen LogP contribution is 2.23. The minimum atomic E-state index is -5.04. The molecule has 33 nitrogen and oxygen atoms in total. The SMILES string of the molecule is O=[N+]([O-])N(CC(F)([N+](=O)[O-])[N+](=O)[O-])CC(COCC(CN(CC(F)([N+](=O)[O-])[N+](=O)[O-])[N+](=O)[O-])([N+](=O)[O-])[N+](=O)[O-])([N+](=O)[O-])[N+](=O)[O-]. The van der Waals surface area contributed by atoms with Crippen LogP contribution in [-0.4, -0.2) is 122 Å². The molecule has 0 rings (SSSR count). The van der Waals surface area contributed by atoms with Gasteiger partial charge in [-0.2, -0.15) is 0 Å². The fraction of sp³-hybridized carbons (Fsp3) is 1.00. The van der Waals surface area contributed by atoms with Crippen molar-refractivity contribution >= 4 is 0 Å². The number of nitro groups is 10. The summed E-state index contributed by atoms with van der Waals surface area (Å²) >= 11 is 0. The Labute approximate surface area is 237 Å². The van der Waals surface area contributed by atoms with E-state index in [4.69, 9.17) is 0 Å². The lowest BCUT2D eigenvalue weighted by atomic mass is 10.1. The standard InChI is InChI=1S/C10H12F2N12O21/c11-9(19(33)34,20(35)36)3-13(23(41)42)1-7(15(25)26,16(27)28)5-45-6-8(17(29)30,18(31)32)2-14(24(43)44)4-10(12,21(37)38)22(39)40/h1-6H2. The lowest BCUT2D eigenvalue weighted by Gasteiger charge is -2.23. The van der Waals surface area contributed by atoms with E-state index in [1.807, 2.05) is 0 Å². The maximum absolute atomic E-state index is 14.2. The van der Waals surface area contributed by atoms with E-state index in [2.05, 4.69) is 4.74 Å². The fourth-order valence-electron chi connectivity index (χ4n) is 2.80. The zero-order valence-corrected chi connectivity index (χ0v) is 20.9. The van der Waals surface area contributed by atoms with Crippen LogP contribution in [0.5, 0.6) is 0 Å². The van der Waals surface area contributed by atoms with Gasteiger partial charge in [0.15, 0.2) is 23.3 Å². The van der Waals surface area contributed by atoms with Gasteiger partial charge in [-0.15, -0.1) is 0 Å². The van der Waals surface area contributed by atoms with Crippen molar-refractivity contribution in [3.05, 3.63) is 101 Å². The molecule has 252 valence electrons. The van der Waals surface area contributed by atoms with E-state index >= 15 is 0 Å². The highest BCUT2D eigenvalue weighted by Gasteiger charge is 2.69. The van der Waals surface area contributed by atoms with Crippen LogP contribution in [0.4, 0.5) is 8.78 Å². The monoisotopic (exact) mass is 674 g/mol. The molecule has 35 heteroatoms. The quantitative estimate of drug-likeness (QED) is 0.0473. The second-order valence-electron chi connectivity index (χ2n) is 8.07. The van der Waals surface area contributed by atoms with Gasteiger partial charge >= 0.3 is 23.2 Å². The molecule has 0 spiro atoms. The van der Waals surface area contributed by atoms with E-state index in [1.54, 1.807) is 0 Å². The normalized spacial score (nSPS) is 12.0. The first-order valence-corrected chi connectivity index (χ1v) is 10.2. The Kier molecular flexibility index (Phi) is 11.6. The number of ether oxygens (including phenoxy) is 1. The zero-order valence-electron chi connectivity index (χ0n) is 20.9. The molecule has 0 saturated heterocycles. The lowest BCUT2D eigenvalue weighted by molar-refractivity contribution is -0.849. The van der Waals surface area contributed by atoms with E-state index < -0.39 is 122 Å². The molecule has 0 heterocycles. The van der Waals surface area contributed by atoms with Crippen molar-refractivity contribution in [3.8, 4) is 0 Å². The summed E-state index contributed by atoms with van der Waals surface area (Å²) in [5.41, 5.74) is -8.68. The third-order valence-corrected chi connectivity index (χ3v) is 5.25. The predicted octanol–water partition coefficient (Wildman–Crippen LogP) is -3.16. The van der Waals surface area contributed by atoms with Gasteiger partial charge < -0.3 is 4.74 Å². The minimum absolute atomic E-state index is 1.14. The number of rotatable bonds is 22. The number of hydrazine groups is 2. The first-order valence-electron chi connectivity index (χ1n) is 10.2. The number of hydrogen-bond donors (Lipinski definition) is 0. The molecule has 0 atom stereocenters. The van der Waals surface area contributed by atoms with Crippen molar-refractivity contribution in [2.24, 2.45) is 0 Å². The molecule has 45 heavy (non-hydrogen) atoms. The zero-order chi connectivity index (χ0) is 35.9. The average Bonchev–Trinajstić information content (AvgIpc) is 2.88. The van der Waals surface area contributed by atoms with Gasteiger partial charge in [0.25, 0.3) is 13.1 Å². The first kappa shape index (κ1) is 38.4. The van der Waals surface area contributed by atoms with E-state index in [0.29, 0.717) is 0 Å². The van der Waals surface area contributed by atoms with Gasteiger partial charge in [-0.05, 0) is 0 Å². The summed E-state index contributed by atoms with van der Waals surface area (Å²) in [5, 5.41) is 105. The van der Waals surface area contributed by atoms with Crippen LogP contribution in [0.2, 0.25) is 0 Å². The Morgan fingerprint density at radius 1 is 0.422 bits per heavy atom. The van der Waals surface area contributed by atoms with Gasteiger partial charge in [-0.25, -0.2) is 20.2 Å². The van der Waals surface area contributed by atoms with Gasteiger partial charge in [0, 0.05) is 0 Å². The molecule has 0 aliphatic rings. The summed E-state index contributed by atoms with van der Waals surface area (Å²) in [6, 6.07) is 0. The molecule has 0 amide bonds. The van der Waals surface area contributed by atoms with Gasteiger partial charge in [-0.1, -0.05) is 18.8 Å². The molecule has 0 aromatic carbocycles. The number of halogens is 2.